The van der Waals surface area contributed by atoms with Gasteiger partial charge in [-0.05, 0) is 135 Å². The average molecular weight is 668 g/mol. The second-order valence-corrected chi connectivity index (χ2v) is 15.2. The predicted molar refractivity (Wildman–Crippen MR) is 217 cm³/mol. The Morgan fingerprint density at radius 1 is 0.549 bits per heavy atom. The summed E-state index contributed by atoms with van der Waals surface area (Å²) in [5.41, 5.74) is 9.55. The van der Waals surface area contributed by atoms with Gasteiger partial charge >= 0.3 is 0 Å². The van der Waals surface area contributed by atoms with Crippen LogP contribution < -0.4 is 4.90 Å². The minimum Gasteiger partial charge on any atom is -0.334 e. The van der Waals surface area contributed by atoms with Crippen LogP contribution in [0.1, 0.15) is 80.0 Å². The minimum absolute atomic E-state index is 0.0374. The second kappa shape index (κ2) is 11.7. The van der Waals surface area contributed by atoms with E-state index < -0.39 is 0 Å². The maximum Gasteiger partial charge on any atom is 0.0629 e. The highest BCUT2D eigenvalue weighted by Crippen LogP contribution is 2.60. The van der Waals surface area contributed by atoms with Crippen molar-refractivity contribution in [3.05, 3.63) is 156 Å². The van der Waals surface area contributed by atoms with Crippen LogP contribution in [-0.2, 0) is 18.3 Å². The van der Waals surface area contributed by atoms with Gasteiger partial charge in [0.05, 0.1) is 16.5 Å². The van der Waals surface area contributed by atoms with Crippen molar-refractivity contribution in [3.63, 3.8) is 0 Å². The van der Waals surface area contributed by atoms with E-state index in [1.807, 2.05) is 42.5 Å². The molecule has 2 unspecified atom stereocenters. The first kappa shape index (κ1) is 23.4. The van der Waals surface area contributed by atoms with E-state index in [1.165, 1.54) is 17.7 Å². The van der Waals surface area contributed by atoms with Crippen LogP contribution in [0, 0.1) is 0 Å². The second-order valence-electron chi connectivity index (χ2n) is 15.2. The highest BCUT2D eigenvalue weighted by molar-refractivity contribution is 6.22. The van der Waals surface area contributed by atoms with Gasteiger partial charge in [0.1, 0.15) is 0 Å². The number of aryl methyl sites for hydroxylation is 1. The molecular formula is C50H45N. The number of nitrogens with zero attached hydrogens (tertiary/aromatic N) is 1. The van der Waals surface area contributed by atoms with Crippen LogP contribution in [0.25, 0.3) is 54.9 Å². The molecular weight excluding hydrogens is 615 g/mol. The summed E-state index contributed by atoms with van der Waals surface area (Å²) in [4.78, 5) is 2.48. The molecule has 2 atom stereocenters. The summed E-state index contributed by atoms with van der Waals surface area (Å²) in [5.74, 6) is 0. The molecule has 0 bridgehead atoms. The summed E-state index contributed by atoms with van der Waals surface area (Å²) in [6.45, 7) is 4.77. The highest BCUT2D eigenvalue weighted by atomic mass is 15.2. The van der Waals surface area contributed by atoms with Crippen molar-refractivity contribution in [2.75, 3.05) is 4.90 Å². The molecule has 1 heterocycles. The first-order valence-electron chi connectivity index (χ1n) is 22.6. The molecule has 10 rings (SSSR count). The van der Waals surface area contributed by atoms with E-state index in [-0.39, 0.29) is 80.8 Å². The lowest BCUT2D eigenvalue weighted by Crippen LogP contribution is -2.54. The Bertz CT molecular complexity index is 2830. The first-order valence-corrected chi connectivity index (χ1v) is 18.6. The smallest absolute Gasteiger partial charge is 0.0629 e. The molecule has 250 valence electrons. The van der Waals surface area contributed by atoms with Crippen LogP contribution in [0.3, 0.4) is 0 Å². The van der Waals surface area contributed by atoms with Gasteiger partial charge in [0.25, 0.3) is 0 Å². The minimum atomic E-state index is -0.386. The molecule has 1 aliphatic heterocycles. The standard InChI is InChI=1S/C50H45N/c1-49-32-14-15-33-50(49,2)51(45-25-13-12-24-44(45)49)37-29-26-36(27-30-37)46-40-20-8-10-22-42(40)48(43-23-11-9-21-41(43)46)47-38-19-7-6-18-35(38)28-31-39(47)34-16-4-3-5-17-34/h3-5,8-13,16-17,20-31H,6-7,14-15,18-19,32-33H2,1-2H3/i8D,9D,10D,11D,20D,21D,22D,23D. The molecule has 0 radical (unpaired) electrons. The van der Waals surface area contributed by atoms with Gasteiger partial charge in [0.15, 0.2) is 0 Å². The van der Waals surface area contributed by atoms with Gasteiger partial charge in [-0.3, -0.25) is 0 Å². The third-order valence-electron chi connectivity index (χ3n) is 12.7. The van der Waals surface area contributed by atoms with Crippen LogP contribution in [-0.4, -0.2) is 5.54 Å². The number of hydrogen-bond acceptors (Lipinski definition) is 1. The van der Waals surface area contributed by atoms with Gasteiger partial charge in [-0.25, -0.2) is 0 Å². The van der Waals surface area contributed by atoms with Crippen molar-refractivity contribution >= 4 is 32.9 Å². The van der Waals surface area contributed by atoms with Crippen molar-refractivity contribution in [1.29, 1.82) is 0 Å². The van der Waals surface area contributed by atoms with Crippen LogP contribution in [0.15, 0.2) is 139 Å². The Morgan fingerprint density at radius 2 is 1.18 bits per heavy atom. The van der Waals surface area contributed by atoms with Crippen LogP contribution in [0.5, 0.6) is 0 Å². The maximum atomic E-state index is 9.64. The Kier molecular flexibility index (Phi) is 5.36. The molecule has 0 amide bonds. The van der Waals surface area contributed by atoms with Crippen molar-refractivity contribution in [2.45, 2.75) is 76.2 Å². The lowest BCUT2D eigenvalue weighted by Gasteiger charge is -2.50. The normalized spacial score (nSPS) is 23.2. The van der Waals surface area contributed by atoms with E-state index in [2.05, 4.69) is 67.3 Å². The lowest BCUT2D eigenvalue weighted by atomic mass is 9.61. The van der Waals surface area contributed by atoms with E-state index in [9.17, 15) is 5.48 Å². The zero-order valence-corrected chi connectivity index (χ0v) is 29.3. The molecule has 3 aliphatic rings. The van der Waals surface area contributed by atoms with Gasteiger partial charge in [0, 0.05) is 16.8 Å². The molecule has 0 aromatic heterocycles. The number of rotatable bonds is 4. The lowest BCUT2D eigenvalue weighted by molar-refractivity contribution is 0.195. The summed E-state index contributed by atoms with van der Waals surface area (Å²) in [7, 11) is 0. The predicted octanol–water partition coefficient (Wildman–Crippen LogP) is 13.6. The molecule has 1 heteroatoms. The van der Waals surface area contributed by atoms with E-state index in [1.54, 1.807) is 0 Å². The fourth-order valence-electron chi connectivity index (χ4n) is 10.0. The maximum absolute atomic E-state index is 9.64. The van der Waals surface area contributed by atoms with Gasteiger partial charge in [0.2, 0.25) is 0 Å². The molecule has 1 nitrogen and oxygen atoms in total. The van der Waals surface area contributed by atoms with Gasteiger partial charge in [-0.15, -0.1) is 0 Å². The third kappa shape index (κ3) is 4.46. The number of hydrogen-bond donors (Lipinski definition) is 0. The Morgan fingerprint density at radius 3 is 1.90 bits per heavy atom. The van der Waals surface area contributed by atoms with Crippen molar-refractivity contribution in [3.8, 4) is 33.4 Å². The van der Waals surface area contributed by atoms with E-state index in [4.69, 9.17) is 5.48 Å². The molecule has 7 aromatic carbocycles. The summed E-state index contributed by atoms with van der Waals surface area (Å²) in [6.07, 6.45) is 8.01. The third-order valence-corrected chi connectivity index (χ3v) is 12.7. The molecule has 2 aliphatic carbocycles. The zero-order chi connectivity index (χ0) is 41.1. The summed E-state index contributed by atoms with van der Waals surface area (Å²) in [5, 5.41) is 1.04. The number of fused-ring (bicyclic) bond motifs is 6. The Balaban J connectivity index is 1.33. The summed E-state index contributed by atoms with van der Waals surface area (Å²) in [6, 6.07) is 28.5. The van der Waals surface area contributed by atoms with Gasteiger partial charge in [-0.1, -0.05) is 141 Å². The van der Waals surface area contributed by atoms with Crippen LogP contribution >= 0.6 is 0 Å². The van der Waals surface area contributed by atoms with Crippen LogP contribution in [0.2, 0.25) is 0 Å². The SMILES string of the molecule is [2H]c1c([2H])c([2H])c2c(-c3c(-c4ccccc4)ccc4c3CCCC4)c3c([2H])c([2H])c([2H])c([2H])c3c(-c3ccc(N4c5ccccc5C5(C)CCCCC45C)cc3)c2c1[2H]. The zero-order valence-electron chi connectivity index (χ0n) is 37.3. The fourth-order valence-corrected chi connectivity index (χ4v) is 10.0. The summed E-state index contributed by atoms with van der Waals surface area (Å²) < 4.78 is 74.5. The summed E-state index contributed by atoms with van der Waals surface area (Å²) >= 11 is 0. The molecule has 1 fully saturated rings. The average Bonchev–Trinajstić information content (AvgIpc) is 3.48. The number of benzene rings is 7. The Labute approximate surface area is 313 Å². The van der Waals surface area contributed by atoms with E-state index in [0.29, 0.717) is 16.7 Å². The monoisotopic (exact) mass is 667 g/mol. The van der Waals surface area contributed by atoms with Crippen molar-refractivity contribution < 1.29 is 11.0 Å². The quantitative estimate of drug-likeness (QED) is 0.169. The van der Waals surface area contributed by atoms with E-state index in [0.717, 1.165) is 78.5 Å². The van der Waals surface area contributed by atoms with Gasteiger partial charge < -0.3 is 4.90 Å². The van der Waals surface area contributed by atoms with Gasteiger partial charge in [-0.2, -0.15) is 0 Å². The van der Waals surface area contributed by atoms with Crippen molar-refractivity contribution in [1.82, 2.24) is 0 Å². The number of para-hydroxylation sites is 1. The topological polar surface area (TPSA) is 3.24 Å². The van der Waals surface area contributed by atoms with E-state index >= 15 is 0 Å². The van der Waals surface area contributed by atoms with Crippen molar-refractivity contribution in [2.24, 2.45) is 0 Å². The highest BCUT2D eigenvalue weighted by Gasteiger charge is 2.57. The molecule has 1 saturated carbocycles. The Hall–Kier alpha value is -5.14. The molecule has 7 aromatic rings. The fraction of sp³-hybridized carbons (Fsp3) is 0.240. The van der Waals surface area contributed by atoms with Crippen LogP contribution in [0.4, 0.5) is 11.4 Å². The molecule has 0 N–H and O–H groups in total. The molecule has 0 spiro atoms. The molecule has 51 heavy (non-hydrogen) atoms. The number of anilines is 2. The first-order chi connectivity index (χ1) is 28.4. The largest absolute Gasteiger partial charge is 0.334 e. The molecule has 0 saturated heterocycles.